The van der Waals surface area contributed by atoms with Crippen molar-refractivity contribution in [2.75, 3.05) is 0 Å². The number of carboxylic acids is 2. The molecule has 0 aliphatic heterocycles. The number of aromatic nitrogens is 2. The van der Waals surface area contributed by atoms with Gasteiger partial charge < -0.3 is 15.5 Å². The predicted molar refractivity (Wildman–Crippen MR) is 67.3 cm³/mol. The first-order valence-electron chi connectivity index (χ1n) is 5.90. The summed E-state index contributed by atoms with van der Waals surface area (Å²) in [4.78, 5) is 40.6. The van der Waals surface area contributed by atoms with Crippen LogP contribution in [0.15, 0.2) is 12.4 Å². The summed E-state index contributed by atoms with van der Waals surface area (Å²) in [6.07, 6.45) is 2.21. The fraction of sp³-hybridized carbons (Fsp3) is 0.417. The van der Waals surface area contributed by atoms with E-state index in [0.29, 0.717) is 0 Å². The maximum absolute atomic E-state index is 11.8. The van der Waals surface area contributed by atoms with Gasteiger partial charge in [-0.05, 0) is 12.3 Å². The molecule has 0 bridgehead atoms. The van der Waals surface area contributed by atoms with Crippen LogP contribution in [0.5, 0.6) is 0 Å². The molecule has 108 valence electrons. The second-order valence-corrected chi connectivity index (χ2v) is 4.59. The van der Waals surface area contributed by atoms with E-state index in [1.165, 1.54) is 0 Å². The first-order chi connectivity index (χ1) is 9.31. The van der Waals surface area contributed by atoms with Gasteiger partial charge in [0.15, 0.2) is 5.69 Å². The summed E-state index contributed by atoms with van der Waals surface area (Å²) in [5.41, 5.74) is -0.427. The van der Waals surface area contributed by atoms with Gasteiger partial charge in [0.05, 0.1) is 12.4 Å². The third-order valence-corrected chi connectivity index (χ3v) is 2.41. The van der Waals surface area contributed by atoms with Crippen LogP contribution in [0.3, 0.4) is 0 Å². The van der Waals surface area contributed by atoms with Gasteiger partial charge >= 0.3 is 11.9 Å². The van der Waals surface area contributed by atoms with Gasteiger partial charge in [0.1, 0.15) is 11.7 Å². The van der Waals surface area contributed by atoms with Crippen molar-refractivity contribution in [3.05, 3.63) is 23.8 Å². The Kier molecular flexibility index (Phi) is 5.13. The molecule has 3 N–H and O–H groups in total. The maximum Gasteiger partial charge on any atom is 0.356 e. The van der Waals surface area contributed by atoms with Gasteiger partial charge in [0.2, 0.25) is 0 Å². The first kappa shape index (κ1) is 15.5. The van der Waals surface area contributed by atoms with Gasteiger partial charge in [-0.25, -0.2) is 19.6 Å². The highest BCUT2D eigenvalue weighted by Gasteiger charge is 2.22. The van der Waals surface area contributed by atoms with E-state index in [-0.39, 0.29) is 23.7 Å². The average molecular weight is 281 g/mol. The van der Waals surface area contributed by atoms with Gasteiger partial charge in [0.25, 0.3) is 5.91 Å². The second-order valence-electron chi connectivity index (χ2n) is 4.59. The minimum Gasteiger partial charge on any atom is -0.480 e. The number of rotatable bonds is 6. The molecule has 1 aromatic rings. The van der Waals surface area contributed by atoms with Crippen molar-refractivity contribution in [2.45, 2.75) is 26.3 Å². The van der Waals surface area contributed by atoms with Crippen LogP contribution < -0.4 is 5.32 Å². The molecule has 8 nitrogen and oxygen atoms in total. The minimum absolute atomic E-state index is 0.0943. The van der Waals surface area contributed by atoms with Crippen LogP contribution in [0.25, 0.3) is 0 Å². The monoisotopic (exact) mass is 281 g/mol. The summed E-state index contributed by atoms with van der Waals surface area (Å²) < 4.78 is 0. The zero-order valence-corrected chi connectivity index (χ0v) is 11.0. The molecule has 0 aliphatic carbocycles. The van der Waals surface area contributed by atoms with Crippen molar-refractivity contribution in [3.8, 4) is 0 Å². The number of carbonyl (C=O) groups is 3. The van der Waals surface area contributed by atoms with E-state index >= 15 is 0 Å². The lowest BCUT2D eigenvalue weighted by atomic mass is 10.0. The van der Waals surface area contributed by atoms with E-state index < -0.39 is 23.9 Å². The van der Waals surface area contributed by atoms with Crippen LogP contribution in [0.4, 0.5) is 0 Å². The molecule has 0 spiro atoms. The van der Waals surface area contributed by atoms with Gasteiger partial charge in [-0.15, -0.1) is 0 Å². The van der Waals surface area contributed by atoms with Gasteiger partial charge in [-0.3, -0.25) is 4.79 Å². The standard InChI is InChI=1S/C12H15N3O5/c1-6(2)3-7(11(17)18)15-10(16)8-4-14-9(5-13-8)12(19)20/h4-7H,3H2,1-2H3,(H,15,16)(H,17,18)(H,19,20)/t7-/m1/s1. The van der Waals surface area contributed by atoms with Gasteiger partial charge in [-0.2, -0.15) is 0 Å². The number of carboxylic acid groups (broad SMARTS) is 2. The number of amides is 1. The molecule has 0 radical (unpaired) electrons. The van der Waals surface area contributed by atoms with Crippen molar-refractivity contribution < 1.29 is 24.6 Å². The second kappa shape index (κ2) is 6.60. The Morgan fingerprint density at radius 2 is 1.70 bits per heavy atom. The molecule has 0 saturated heterocycles. The van der Waals surface area contributed by atoms with Crippen molar-refractivity contribution in [3.63, 3.8) is 0 Å². The number of nitrogens with zero attached hydrogens (tertiary/aromatic N) is 2. The smallest absolute Gasteiger partial charge is 0.356 e. The van der Waals surface area contributed by atoms with Gasteiger partial charge in [0, 0.05) is 0 Å². The van der Waals surface area contributed by atoms with Crippen LogP contribution in [-0.4, -0.2) is 44.1 Å². The third-order valence-electron chi connectivity index (χ3n) is 2.41. The number of hydrogen-bond acceptors (Lipinski definition) is 5. The highest BCUT2D eigenvalue weighted by molar-refractivity contribution is 5.95. The van der Waals surface area contributed by atoms with E-state index in [2.05, 4.69) is 15.3 Å². The van der Waals surface area contributed by atoms with E-state index in [0.717, 1.165) is 12.4 Å². The lowest BCUT2D eigenvalue weighted by Crippen LogP contribution is -2.42. The summed E-state index contributed by atoms with van der Waals surface area (Å²) in [7, 11) is 0. The average Bonchev–Trinajstić information content (AvgIpc) is 2.37. The van der Waals surface area contributed by atoms with Crippen LogP contribution in [0.1, 0.15) is 41.2 Å². The van der Waals surface area contributed by atoms with Crippen molar-refractivity contribution in [1.29, 1.82) is 0 Å². The molecule has 20 heavy (non-hydrogen) atoms. The molecule has 0 fully saturated rings. The Bertz CT molecular complexity index is 512. The first-order valence-corrected chi connectivity index (χ1v) is 5.90. The molecule has 1 atom stereocenters. The summed E-state index contributed by atoms with van der Waals surface area (Å²) in [5.74, 6) is -3.01. The normalized spacial score (nSPS) is 11.9. The molecule has 0 aliphatic rings. The number of hydrogen-bond donors (Lipinski definition) is 3. The lowest BCUT2D eigenvalue weighted by molar-refractivity contribution is -0.139. The Hall–Kier alpha value is -2.51. The van der Waals surface area contributed by atoms with Crippen molar-refractivity contribution >= 4 is 17.8 Å². The quantitative estimate of drug-likeness (QED) is 0.688. The molecule has 0 unspecified atom stereocenters. The maximum atomic E-state index is 11.8. The molecule has 1 amide bonds. The molecule has 1 aromatic heterocycles. The van der Waals surface area contributed by atoms with Crippen molar-refractivity contribution in [1.82, 2.24) is 15.3 Å². The minimum atomic E-state index is -1.26. The van der Waals surface area contributed by atoms with E-state index in [9.17, 15) is 14.4 Å². The Morgan fingerprint density at radius 3 is 2.10 bits per heavy atom. The molecule has 1 rings (SSSR count). The molecule has 0 saturated carbocycles. The van der Waals surface area contributed by atoms with Crippen LogP contribution in [0, 0.1) is 5.92 Å². The predicted octanol–water partition coefficient (Wildman–Crippen LogP) is 0.404. The molecule has 8 heteroatoms. The van der Waals surface area contributed by atoms with E-state index in [1.807, 2.05) is 13.8 Å². The Balaban J connectivity index is 2.78. The number of nitrogens with one attached hydrogen (secondary N) is 1. The van der Waals surface area contributed by atoms with E-state index in [1.54, 1.807) is 0 Å². The summed E-state index contributed by atoms with van der Waals surface area (Å²) in [6, 6.07) is -1.02. The van der Waals surface area contributed by atoms with Crippen LogP contribution >= 0.6 is 0 Å². The SMILES string of the molecule is CC(C)C[C@@H](NC(=O)c1cnc(C(=O)O)cn1)C(=O)O. The highest BCUT2D eigenvalue weighted by Crippen LogP contribution is 2.06. The van der Waals surface area contributed by atoms with E-state index in [4.69, 9.17) is 10.2 Å². The van der Waals surface area contributed by atoms with Crippen LogP contribution in [-0.2, 0) is 4.79 Å². The number of aliphatic carboxylic acids is 1. The Morgan fingerprint density at radius 1 is 1.15 bits per heavy atom. The summed E-state index contributed by atoms with van der Waals surface area (Å²) in [5, 5.41) is 20.0. The lowest BCUT2D eigenvalue weighted by Gasteiger charge is -2.15. The fourth-order valence-corrected chi connectivity index (χ4v) is 1.48. The van der Waals surface area contributed by atoms with Crippen LogP contribution in [0.2, 0.25) is 0 Å². The largest absolute Gasteiger partial charge is 0.480 e. The molecular formula is C12H15N3O5. The zero-order valence-electron chi connectivity index (χ0n) is 11.0. The number of aromatic carboxylic acids is 1. The zero-order chi connectivity index (χ0) is 15.3. The third kappa shape index (κ3) is 4.30. The fourth-order valence-electron chi connectivity index (χ4n) is 1.48. The number of carbonyl (C=O) groups excluding carboxylic acids is 1. The van der Waals surface area contributed by atoms with Gasteiger partial charge in [-0.1, -0.05) is 13.8 Å². The molecule has 0 aromatic carbocycles. The summed E-state index contributed by atoms with van der Waals surface area (Å²) in [6.45, 7) is 3.67. The highest BCUT2D eigenvalue weighted by atomic mass is 16.4. The Labute approximate surface area is 114 Å². The molecule has 1 heterocycles. The molecular weight excluding hydrogens is 266 g/mol. The summed E-state index contributed by atoms with van der Waals surface area (Å²) >= 11 is 0. The topological polar surface area (TPSA) is 129 Å². The van der Waals surface area contributed by atoms with Crippen molar-refractivity contribution in [2.24, 2.45) is 5.92 Å².